The standard InChI is InChI=1S/2C10H20O2S.2C6H11.2C4H9.S.2Sn/c2*1-8(2)6-4-3-5-7-9(13)10(11)12;2*1-2-4-6-5-3-1;2*1-3-4-2;;;/h2*8-9,13H,3-7H2,1-2H3,(H,11,12);2*1H,2-6H2;2*1,3-4H2,2H3;;;. The van der Waals surface area contributed by atoms with Gasteiger partial charge in [0, 0.05) is 0 Å². The maximum absolute atomic E-state index is 10.4. The quantitative estimate of drug-likeness (QED) is 0.0494. The molecule has 4 nitrogen and oxygen atoms in total. The molecular formula is C40H80O4S3Sn2. The number of unbranched alkanes of at least 4 members (excludes halogenated alkanes) is 6. The Morgan fingerprint density at radius 3 is 1.22 bits per heavy atom. The van der Waals surface area contributed by atoms with Crippen molar-refractivity contribution >= 4 is 85.4 Å². The third-order valence-electron chi connectivity index (χ3n) is 9.52. The van der Waals surface area contributed by atoms with Gasteiger partial charge in [0.05, 0.1) is 10.5 Å². The van der Waals surface area contributed by atoms with E-state index >= 15 is 0 Å². The van der Waals surface area contributed by atoms with Crippen LogP contribution in [0.2, 0.25) is 16.7 Å². The first kappa shape index (κ1) is 52.6. The number of carboxylic acids is 2. The van der Waals surface area contributed by atoms with Crippen LogP contribution in [0.4, 0.5) is 0 Å². The third-order valence-corrected chi connectivity index (χ3v) is 26.9. The summed E-state index contributed by atoms with van der Waals surface area (Å²) in [6.07, 6.45) is 31.4. The van der Waals surface area contributed by atoms with Crippen molar-refractivity contribution in [1.29, 1.82) is 0 Å². The molecule has 2 saturated carbocycles. The molecule has 2 atom stereocenters. The summed E-state index contributed by atoms with van der Waals surface area (Å²) in [6, 6.07) is 0. The second-order valence-corrected chi connectivity index (χ2v) is 30.9. The van der Waals surface area contributed by atoms with E-state index in [1.807, 2.05) is 0 Å². The summed E-state index contributed by atoms with van der Waals surface area (Å²) in [5.74, 6) is -0.0862. The molecule has 290 valence electrons. The van der Waals surface area contributed by atoms with Crippen LogP contribution in [0.1, 0.15) is 196 Å². The van der Waals surface area contributed by atoms with Crippen molar-refractivity contribution in [3.05, 3.63) is 0 Å². The molecule has 0 aromatic carbocycles. The number of rotatable bonds is 22. The maximum atomic E-state index is 10.4. The van der Waals surface area contributed by atoms with Crippen LogP contribution in [-0.2, 0) is 9.59 Å². The first-order valence-electron chi connectivity index (χ1n) is 20.4. The average Bonchev–Trinajstić information content (AvgIpc) is 3.08. The third kappa shape index (κ3) is 36.2. The van der Waals surface area contributed by atoms with Gasteiger partial charge in [-0.05, 0) is 24.7 Å². The van der Waals surface area contributed by atoms with E-state index in [9.17, 15) is 9.59 Å². The van der Waals surface area contributed by atoms with Crippen LogP contribution in [0.3, 0.4) is 0 Å². The Morgan fingerprint density at radius 1 is 0.612 bits per heavy atom. The number of aliphatic carboxylic acids is 2. The van der Waals surface area contributed by atoms with Gasteiger partial charge in [0.25, 0.3) is 0 Å². The molecule has 0 amide bonds. The van der Waals surface area contributed by atoms with E-state index in [1.54, 1.807) is 8.87 Å². The van der Waals surface area contributed by atoms with Gasteiger partial charge >= 0.3 is 181 Å². The zero-order chi connectivity index (χ0) is 37.3. The molecule has 2 aliphatic rings. The van der Waals surface area contributed by atoms with Crippen molar-refractivity contribution in [1.82, 2.24) is 0 Å². The van der Waals surface area contributed by atoms with E-state index in [2.05, 4.69) is 66.8 Å². The Balaban J connectivity index is 0. The Hall–Kier alpha value is 1.46. The summed E-state index contributed by atoms with van der Waals surface area (Å²) >= 11 is 6.72. The van der Waals surface area contributed by atoms with Crippen molar-refractivity contribution in [3.8, 4) is 0 Å². The van der Waals surface area contributed by atoms with Crippen molar-refractivity contribution in [2.45, 2.75) is 223 Å². The Labute approximate surface area is 337 Å². The van der Waals surface area contributed by atoms with Gasteiger partial charge in [-0.3, -0.25) is 9.59 Å². The molecule has 0 aromatic rings. The summed E-state index contributed by atoms with van der Waals surface area (Å²) in [7, 11) is 5.97. The van der Waals surface area contributed by atoms with Crippen LogP contribution in [0.25, 0.3) is 0 Å². The van der Waals surface area contributed by atoms with Gasteiger partial charge in [-0.15, -0.1) is 0 Å². The fourth-order valence-corrected chi connectivity index (χ4v) is 21.4. The molecule has 0 aromatic heterocycles. The van der Waals surface area contributed by atoms with Gasteiger partial charge < -0.3 is 10.2 Å². The molecule has 9 heteroatoms. The van der Waals surface area contributed by atoms with Gasteiger partial charge in [0.15, 0.2) is 0 Å². The molecule has 0 heterocycles. The Kier molecular flexibility index (Phi) is 40.5. The van der Waals surface area contributed by atoms with E-state index in [-0.39, 0.29) is 21.1 Å². The number of hydrogen-bond acceptors (Lipinski definition) is 5. The summed E-state index contributed by atoms with van der Waals surface area (Å²) in [5.41, 5.74) is 0. The zero-order valence-electron chi connectivity index (χ0n) is 32.9. The van der Waals surface area contributed by atoms with E-state index in [0.29, 0.717) is 12.8 Å². The topological polar surface area (TPSA) is 74.6 Å². The fourth-order valence-electron chi connectivity index (χ4n) is 6.22. The number of thiol groups is 2. The van der Waals surface area contributed by atoms with Gasteiger partial charge in [-0.25, -0.2) is 0 Å². The average molecular weight is 959 g/mol. The molecule has 49 heavy (non-hydrogen) atoms. The fraction of sp³-hybridized carbons (Fsp3) is 0.950. The van der Waals surface area contributed by atoms with Crippen molar-refractivity contribution in [2.24, 2.45) is 11.8 Å². The molecule has 2 fully saturated rings. The van der Waals surface area contributed by atoms with E-state index in [4.69, 9.17) is 19.5 Å². The van der Waals surface area contributed by atoms with Crippen LogP contribution in [0.5, 0.6) is 0 Å². The van der Waals surface area contributed by atoms with E-state index in [0.717, 1.165) is 45.4 Å². The monoisotopic (exact) mass is 960 g/mol. The van der Waals surface area contributed by atoms with Crippen LogP contribution < -0.4 is 0 Å². The summed E-state index contributed by atoms with van der Waals surface area (Å²) in [6.45, 7) is 13.4. The molecule has 0 bridgehead atoms. The van der Waals surface area contributed by atoms with Gasteiger partial charge in [0.1, 0.15) is 0 Å². The van der Waals surface area contributed by atoms with Crippen LogP contribution >= 0.6 is 34.5 Å². The molecule has 2 radical (unpaired) electrons. The van der Waals surface area contributed by atoms with Crippen molar-refractivity contribution < 1.29 is 19.8 Å². The van der Waals surface area contributed by atoms with Crippen LogP contribution in [-0.4, -0.2) is 71.6 Å². The molecule has 2 N–H and O–H groups in total. The van der Waals surface area contributed by atoms with E-state index in [1.165, 1.54) is 116 Å². The van der Waals surface area contributed by atoms with Crippen molar-refractivity contribution in [3.63, 3.8) is 0 Å². The molecule has 2 unspecified atom stereocenters. The van der Waals surface area contributed by atoms with Gasteiger partial charge in [-0.2, -0.15) is 25.3 Å². The second-order valence-electron chi connectivity index (χ2n) is 15.3. The Bertz CT molecular complexity index is 713. The normalized spacial score (nSPS) is 16.4. The summed E-state index contributed by atoms with van der Waals surface area (Å²) in [4.78, 5) is 20.8. The summed E-state index contributed by atoms with van der Waals surface area (Å²) in [5, 5.41) is 16.2. The van der Waals surface area contributed by atoms with Gasteiger partial charge in [0.2, 0.25) is 0 Å². The SMILES string of the molecule is CC(C)CCCCCC(S)C(=O)O.CC(C)CCCCCC(S)C(=O)O.CCC[CH2][Sn][CH2]CCC.[S]=[Sn]([CH]1CCCCC1)[CH]1CCCCC1. The predicted molar refractivity (Wildman–Crippen MR) is 229 cm³/mol. The molecule has 0 aliphatic heterocycles. The molecule has 0 spiro atoms. The molecule has 2 aliphatic carbocycles. The minimum absolute atomic E-state index is 0.149. The molecule has 2 rings (SSSR count). The molecule has 0 saturated heterocycles. The minimum atomic E-state index is -1.36. The zero-order valence-corrected chi connectivity index (χ0v) is 41.2. The van der Waals surface area contributed by atoms with E-state index < -0.39 is 40.3 Å². The first-order chi connectivity index (χ1) is 23.4. The predicted octanol–water partition coefficient (Wildman–Crippen LogP) is 13.9. The van der Waals surface area contributed by atoms with Crippen LogP contribution in [0, 0.1) is 11.8 Å². The number of hydrogen-bond donors (Lipinski definition) is 4. The first-order valence-corrected chi connectivity index (χ1v) is 32.7. The Morgan fingerprint density at radius 2 is 0.939 bits per heavy atom. The number of carbonyl (C=O) groups is 2. The summed E-state index contributed by atoms with van der Waals surface area (Å²) < 4.78 is 5.45. The van der Waals surface area contributed by atoms with Gasteiger partial charge in [-0.1, -0.05) is 79.1 Å². The molecular weight excluding hydrogens is 878 g/mol. The second kappa shape index (κ2) is 37.8. The number of carboxylic acid groups (broad SMARTS) is 2. The van der Waals surface area contributed by atoms with Crippen molar-refractivity contribution in [2.75, 3.05) is 0 Å². The van der Waals surface area contributed by atoms with Crippen LogP contribution in [0.15, 0.2) is 0 Å².